The van der Waals surface area contributed by atoms with Crippen molar-refractivity contribution in [3.05, 3.63) is 89.7 Å². The van der Waals surface area contributed by atoms with Gasteiger partial charge in [0.15, 0.2) is 0 Å². The molecule has 0 aliphatic rings. The maximum absolute atomic E-state index is 12.8. The third kappa shape index (κ3) is 3.81. The molecule has 4 aromatic rings. The summed E-state index contributed by atoms with van der Waals surface area (Å²) in [5.74, 6) is -1.40. The molecule has 29 heavy (non-hydrogen) atoms. The standard InChI is InChI=1S/C22H10Br4O3/c23-15-5-1-3-11-13(7-9-17(25)19(11)15)21(27)29-22(28)14-8-10-18(26)20-12(14)4-2-6-16(20)24/h1-10H. The molecule has 144 valence electrons. The van der Waals surface area contributed by atoms with Crippen LogP contribution in [0.3, 0.4) is 0 Å². The van der Waals surface area contributed by atoms with Crippen molar-refractivity contribution in [3.8, 4) is 0 Å². The summed E-state index contributed by atoms with van der Waals surface area (Å²) in [6.45, 7) is 0. The van der Waals surface area contributed by atoms with E-state index in [1.165, 1.54) is 0 Å². The lowest BCUT2D eigenvalue weighted by Gasteiger charge is -2.11. The van der Waals surface area contributed by atoms with Crippen molar-refractivity contribution in [2.24, 2.45) is 0 Å². The lowest BCUT2D eigenvalue weighted by atomic mass is 10.0. The first-order valence-corrected chi connectivity index (χ1v) is 11.6. The van der Waals surface area contributed by atoms with Crippen LogP contribution in [0.5, 0.6) is 0 Å². The molecule has 0 unspecified atom stereocenters. The second-order valence-corrected chi connectivity index (χ2v) is 9.61. The molecule has 0 aliphatic carbocycles. The number of halogens is 4. The van der Waals surface area contributed by atoms with Crippen LogP contribution in [0.15, 0.2) is 78.6 Å². The third-order valence-corrected chi connectivity index (χ3v) is 7.15. The van der Waals surface area contributed by atoms with Crippen molar-refractivity contribution in [3.63, 3.8) is 0 Å². The number of fused-ring (bicyclic) bond motifs is 2. The average Bonchev–Trinajstić information content (AvgIpc) is 2.68. The van der Waals surface area contributed by atoms with Crippen molar-refractivity contribution in [1.82, 2.24) is 0 Å². The number of rotatable bonds is 2. The first-order valence-electron chi connectivity index (χ1n) is 8.38. The fourth-order valence-electron chi connectivity index (χ4n) is 3.19. The van der Waals surface area contributed by atoms with Gasteiger partial charge in [-0.2, -0.15) is 0 Å². The summed E-state index contributed by atoms with van der Waals surface area (Å²) in [5.41, 5.74) is 0.640. The predicted molar refractivity (Wildman–Crippen MR) is 128 cm³/mol. The Morgan fingerprint density at radius 1 is 0.552 bits per heavy atom. The van der Waals surface area contributed by atoms with Crippen molar-refractivity contribution in [2.45, 2.75) is 0 Å². The molecule has 0 N–H and O–H groups in total. The Morgan fingerprint density at radius 2 is 0.931 bits per heavy atom. The highest BCUT2D eigenvalue weighted by Gasteiger charge is 2.21. The molecule has 0 saturated heterocycles. The van der Waals surface area contributed by atoms with Crippen LogP contribution in [0.25, 0.3) is 21.5 Å². The minimum Gasteiger partial charge on any atom is -0.386 e. The van der Waals surface area contributed by atoms with E-state index in [0.717, 1.165) is 28.7 Å². The van der Waals surface area contributed by atoms with E-state index in [2.05, 4.69) is 63.7 Å². The summed E-state index contributed by atoms with van der Waals surface area (Å²) in [7, 11) is 0. The maximum atomic E-state index is 12.8. The van der Waals surface area contributed by atoms with E-state index in [1.807, 2.05) is 36.4 Å². The van der Waals surface area contributed by atoms with E-state index < -0.39 is 11.9 Å². The monoisotopic (exact) mass is 638 g/mol. The zero-order valence-electron chi connectivity index (χ0n) is 14.5. The molecule has 0 saturated carbocycles. The van der Waals surface area contributed by atoms with Gasteiger partial charge < -0.3 is 4.74 Å². The molecular weight excluding hydrogens is 632 g/mol. The molecule has 0 aromatic heterocycles. The average molecular weight is 642 g/mol. The smallest absolute Gasteiger partial charge is 0.346 e. The van der Waals surface area contributed by atoms with Crippen LogP contribution in [0.1, 0.15) is 20.7 Å². The Morgan fingerprint density at radius 3 is 1.34 bits per heavy atom. The molecule has 0 atom stereocenters. The topological polar surface area (TPSA) is 43.4 Å². The molecule has 4 rings (SSSR count). The molecule has 7 heteroatoms. The fourth-order valence-corrected chi connectivity index (χ4v) is 6.00. The molecule has 0 heterocycles. The first kappa shape index (κ1) is 20.7. The number of ether oxygens (including phenoxy) is 1. The van der Waals surface area contributed by atoms with Gasteiger partial charge in [-0.15, -0.1) is 0 Å². The van der Waals surface area contributed by atoms with Gasteiger partial charge in [-0.25, -0.2) is 9.59 Å². The number of carbonyl (C=O) groups is 2. The minimum absolute atomic E-state index is 0.320. The minimum atomic E-state index is -0.698. The zero-order chi connectivity index (χ0) is 20.7. The molecule has 0 aliphatic heterocycles. The molecule has 0 fully saturated rings. The van der Waals surface area contributed by atoms with Crippen LogP contribution in [-0.2, 0) is 4.74 Å². The summed E-state index contributed by atoms with van der Waals surface area (Å²) in [4.78, 5) is 25.7. The van der Waals surface area contributed by atoms with Crippen LogP contribution in [-0.4, -0.2) is 11.9 Å². The van der Waals surface area contributed by atoms with Crippen LogP contribution in [0.2, 0.25) is 0 Å². The van der Waals surface area contributed by atoms with E-state index in [1.54, 1.807) is 24.3 Å². The van der Waals surface area contributed by atoms with Gasteiger partial charge in [0.25, 0.3) is 0 Å². The van der Waals surface area contributed by atoms with Crippen LogP contribution < -0.4 is 0 Å². The predicted octanol–water partition coefficient (Wildman–Crippen LogP) is 8.04. The maximum Gasteiger partial charge on any atom is 0.346 e. The lowest BCUT2D eigenvalue weighted by Crippen LogP contribution is -2.13. The van der Waals surface area contributed by atoms with Gasteiger partial charge >= 0.3 is 11.9 Å². The van der Waals surface area contributed by atoms with Crippen LogP contribution in [0, 0.1) is 0 Å². The highest BCUT2D eigenvalue weighted by atomic mass is 79.9. The molecule has 0 amide bonds. The van der Waals surface area contributed by atoms with Gasteiger partial charge in [-0.05, 0) is 47.2 Å². The number of esters is 2. The van der Waals surface area contributed by atoms with Gasteiger partial charge in [0, 0.05) is 28.7 Å². The highest BCUT2D eigenvalue weighted by molar-refractivity contribution is 9.11. The van der Waals surface area contributed by atoms with Gasteiger partial charge in [-0.3, -0.25) is 0 Å². The van der Waals surface area contributed by atoms with E-state index in [4.69, 9.17) is 4.74 Å². The van der Waals surface area contributed by atoms with Crippen molar-refractivity contribution in [1.29, 1.82) is 0 Å². The van der Waals surface area contributed by atoms with E-state index >= 15 is 0 Å². The molecule has 0 radical (unpaired) electrons. The Labute approximate surface area is 199 Å². The molecule has 0 spiro atoms. The zero-order valence-corrected chi connectivity index (χ0v) is 20.9. The second-order valence-electron chi connectivity index (χ2n) is 6.19. The number of benzene rings is 4. The Kier molecular flexibility index (Phi) is 5.93. The van der Waals surface area contributed by atoms with Crippen molar-refractivity contribution >= 4 is 97.2 Å². The molecule has 0 bridgehead atoms. The molecule has 4 aromatic carbocycles. The van der Waals surface area contributed by atoms with Gasteiger partial charge in [-0.1, -0.05) is 88.0 Å². The van der Waals surface area contributed by atoms with E-state index in [-0.39, 0.29) is 0 Å². The van der Waals surface area contributed by atoms with Gasteiger partial charge in [0.2, 0.25) is 0 Å². The van der Waals surface area contributed by atoms with Gasteiger partial charge in [0.05, 0.1) is 11.1 Å². The summed E-state index contributed by atoms with van der Waals surface area (Å²) in [6.07, 6.45) is 0. The molecular formula is C22H10Br4O3. The molecule has 3 nitrogen and oxygen atoms in total. The SMILES string of the molecule is O=C(OC(=O)c1ccc(Br)c2c(Br)cccc12)c1ccc(Br)c2c(Br)cccc12. The number of hydrogen-bond acceptors (Lipinski definition) is 3. The third-order valence-electron chi connectivity index (χ3n) is 4.50. The Bertz CT molecular complexity index is 1200. The summed E-state index contributed by atoms with van der Waals surface area (Å²) < 4.78 is 8.62. The summed E-state index contributed by atoms with van der Waals surface area (Å²) in [5, 5.41) is 3.06. The largest absolute Gasteiger partial charge is 0.386 e. The number of carbonyl (C=O) groups excluding carboxylic acids is 2. The van der Waals surface area contributed by atoms with Crippen molar-refractivity contribution in [2.75, 3.05) is 0 Å². The van der Waals surface area contributed by atoms with E-state index in [9.17, 15) is 9.59 Å². The Hall–Kier alpha value is -1.54. The van der Waals surface area contributed by atoms with Gasteiger partial charge in [0.1, 0.15) is 0 Å². The van der Waals surface area contributed by atoms with Crippen molar-refractivity contribution < 1.29 is 14.3 Å². The van der Waals surface area contributed by atoms with Crippen LogP contribution >= 0.6 is 63.7 Å². The Balaban J connectivity index is 1.75. The second kappa shape index (κ2) is 8.30. The quantitative estimate of drug-likeness (QED) is 0.164. The lowest BCUT2D eigenvalue weighted by molar-refractivity contribution is 0.0400. The summed E-state index contributed by atoms with van der Waals surface area (Å²) >= 11 is 14.0. The first-order chi connectivity index (χ1) is 13.9. The summed E-state index contributed by atoms with van der Waals surface area (Å²) in [6, 6.07) is 17.9. The normalized spacial score (nSPS) is 11.0. The number of hydrogen-bond donors (Lipinski definition) is 0. The van der Waals surface area contributed by atoms with Crippen LogP contribution in [0.4, 0.5) is 0 Å². The fraction of sp³-hybridized carbons (Fsp3) is 0. The van der Waals surface area contributed by atoms with E-state index in [0.29, 0.717) is 21.9 Å². The highest BCUT2D eigenvalue weighted by Crippen LogP contribution is 2.35.